The lowest BCUT2D eigenvalue weighted by molar-refractivity contribution is -0.145. The second-order valence-electron chi connectivity index (χ2n) is 6.43. The number of carbonyl (C=O) groups is 2. The van der Waals surface area contributed by atoms with Crippen molar-refractivity contribution < 1.29 is 14.3 Å². The molecule has 136 valence electrons. The van der Waals surface area contributed by atoms with Crippen molar-refractivity contribution in [2.75, 3.05) is 18.9 Å². The molecule has 0 aliphatic heterocycles. The third kappa shape index (κ3) is 7.34. The number of amides is 1. The summed E-state index contributed by atoms with van der Waals surface area (Å²) in [6, 6.07) is 6.12. The molecule has 0 aromatic heterocycles. The van der Waals surface area contributed by atoms with Crippen LogP contribution in [-0.2, 0) is 14.3 Å². The zero-order valence-electron chi connectivity index (χ0n) is 15.1. The molecule has 0 fully saturated rings. The maximum atomic E-state index is 11.8. The van der Waals surface area contributed by atoms with Crippen molar-refractivity contribution in [2.24, 2.45) is 0 Å². The van der Waals surface area contributed by atoms with Crippen LogP contribution in [0.5, 0.6) is 0 Å². The third-order valence-corrected chi connectivity index (χ3v) is 5.34. The van der Waals surface area contributed by atoms with E-state index in [0.717, 1.165) is 29.7 Å². The van der Waals surface area contributed by atoms with E-state index in [0.29, 0.717) is 6.54 Å². The summed E-state index contributed by atoms with van der Waals surface area (Å²) in [6.45, 7) is 4.47. The van der Waals surface area contributed by atoms with E-state index in [1.54, 1.807) is 0 Å². The number of esters is 1. The zero-order valence-corrected chi connectivity index (χ0v) is 15.9. The van der Waals surface area contributed by atoms with Crippen molar-refractivity contribution in [3.05, 3.63) is 41.0 Å². The SMILES string of the molecule is Cc1ccc(SCC(=O)OCC(=O)NCCC2=CCCCC2)c(C)c1. The monoisotopic (exact) mass is 361 g/mol. The average molecular weight is 362 g/mol. The topological polar surface area (TPSA) is 55.4 Å². The molecule has 5 heteroatoms. The summed E-state index contributed by atoms with van der Waals surface area (Å²) in [7, 11) is 0. The maximum Gasteiger partial charge on any atom is 0.316 e. The van der Waals surface area contributed by atoms with Gasteiger partial charge in [-0.05, 0) is 57.6 Å². The van der Waals surface area contributed by atoms with Gasteiger partial charge in [0.15, 0.2) is 6.61 Å². The molecule has 1 aliphatic carbocycles. The summed E-state index contributed by atoms with van der Waals surface area (Å²) in [4.78, 5) is 24.6. The summed E-state index contributed by atoms with van der Waals surface area (Å²) in [5, 5.41) is 2.81. The lowest BCUT2D eigenvalue weighted by atomic mass is 9.97. The minimum atomic E-state index is -0.366. The van der Waals surface area contributed by atoms with Crippen LogP contribution < -0.4 is 5.32 Å². The molecule has 25 heavy (non-hydrogen) atoms. The van der Waals surface area contributed by atoms with E-state index in [9.17, 15) is 9.59 Å². The summed E-state index contributed by atoms with van der Waals surface area (Å²) in [5.41, 5.74) is 3.77. The third-order valence-electron chi connectivity index (χ3n) is 4.19. The van der Waals surface area contributed by atoms with Crippen LogP contribution in [0, 0.1) is 13.8 Å². The number of benzene rings is 1. The lowest BCUT2D eigenvalue weighted by Gasteiger charge is -2.13. The van der Waals surface area contributed by atoms with Crippen molar-refractivity contribution >= 4 is 23.6 Å². The first-order chi connectivity index (χ1) is 12.0. The number of hydrogen-bond donors (Lipinski definition) is 1. The number of hydrogen-bond acceptors (Lipinski definition) is 4. The first kappa shape index (κ1) is 19.6. The normalized spacial score (nSPS) is 13.9. The van der Waals surface area contributed by atoms with Gasteiger partial charge in [0.1, 0.15) is 0 Å². The summed E-state index contributed by atoms with van der Waals surface area (Å²) in [6.07, 6.45) is 7.98. The number of nitrogens with one attached hydrogen (secondary N) is 1. The van der Waals surface area contributed by atoms with Crippen molar-refractivity contribution in [1.29, 1.82) is 0 Å². The average Bonchev–Trinajstić information content (AvgIpc) is 2.60. The van der Waals surface area contributed by atoms with Gasteiger partial charge in [0.05, 0.1) is 5.75 Å². The highest BCUT2D eigenvalue weighted by Crippen LogP contribution is 2.23. The molecule has 0 spiro atoms. The second-order valence-corrected chi connectivity index (χ2v) is 7.44. The van der Waals surface area contributed by atoms with E-state index in [1.807, 2.05) is 26.0 Å². The number of ether oxygens (including phenoxy) is 1. The highest BCUT2D eigenvalue weighted by molar-refractivity contribution is 8.00. The van der Waals surface area contributed by atoms with Crippen LogP contribution in [0.4, 0.5) is 0 Å². The molecule has 4 nitrogen and oxygen atoms in total. The number of allylic oxidation sites excluding steroid dienone is 1. The highest BCUT2D eigenvalue weighted by atomic mass is 32.2. The molecule has 1 aromatic rings. The van der Waals surface area contributed by atoms with Gasteiger partial charge in [-0.25, -0.2) is 0 Å². The van der Waals surface area contributed by atoms with E-state index in [1.165, 1.54) is 35.7 Å². The highest BCUT2D eigenvalue weighted by Gasteiger charge is 2.10. The van der Waals surface area contributed by atoms with Gasteiger partial charge in [-0.3, -0.25) is 9.59 Å². The van der Waals surface area contributed by atoms with E-state index in [2.05, 4.69) is 17.5 Å². The molecule has 1 N–H and O–H groups in total. The summed E-state index contributed by atoms with van der Waals surface area (Å²) in [5.74, 6) is -0.388. The molecule has 0 saturated carbocycles. The van der Waals surface area contributed by atoms with Crippen LogP contribution in [-0.4, -0.2) is 30.8 Å². The molecule has 0 radical (unpaired) electrons. The van der Waals surface area contributed by atoms with Gasteiger partial charge >= 0.3 is 5.97 Å². The second kappa shape index (κ2) is 10.3. The Morgan fingerprint density at radius 3 is 2.80 bits per heavy atom. The number of aryl methyl sites for hydroxylation is 2. The standard InChI is InChI=1S/C20H27NO3S/c1-15-8-9-18(16(2)12-15)25-14-20(23)24-13-19(22)21-11-10-17-6-4-3-5-7-17/h6,8-9,12H,3-5,7,10-11,13-14H2,1-2H3,(H,21,22). The van der Waals surface area contributed by atoms with Gasteiger partial charge in [-0.1, -0.05) is 29.3 Å². The Kier molecular flexibility index (Phi) is 8.06. The Morgan fingerprint density at radius 2 is 2.08 bits per heavy atom. The predicted molar refractivity (Wildman–Crippen MR) is 102 cm³/mol. The quantitative estimate of drug-likeness (QED) is 0.433. The van der Waals surface area contributed by atoms with E-state index >= 15 is 0 Å². The molecule has 0 bridgehead atoms. The van der Waals surface area contributed by atoms with E-state index in [4.69, 9.17) is 4.74 Å². The van der Waals surface area contributed by atoms with Gasteiger partial charge < -0.3 is 10.1 Å². The van der Waals surface area contributed by atoms with Gasteiger partial charge in [-0.15, -0.1) is 11.8 Å². The van der Waals surface area contributed by atoms with Gasteiger partial charge in [0.2, 0.25) is 0 Å². The minimum absolute atomic E-state index is 0.203. The number of rotatable bonds is 8. The largest absolute Gasteiger partial charge is 0.455 e. The first-order valence-corrected chi connectivity index (χ1v) is 9.83. The first-order valence-electron chi connectivity index (χ1n) is 8.85. The van der Waals surface area contributed by atoms with Crippen LogP contribution in [0.3, 0.4) is 0 Å². The van der Waals surface area contributed by atoms with Crippen LogP contribution in [0.15, 0.2) is 34.7 Å². The van der Waals surface area contributed by atoms with Crippen LogP contribution in [0.25, 0.3) is 0 Å². The summed E-state index contributed by atoms with van der Waals surface area (Å²) < 4.78 is 5.05. The van der Waals surface area contributed by atoms with E-state index < -0.39 is 0 Å². The fourth-order valence-corrected chi connectivity index (χ4v) is 3.64. The molecule has 0 atom stereocenters. The zero-order chi connectivity index (χ0) is 18.1. The maximum absolute atomic E-state index is 11.8. The van der Waals surface area contributed by atoms with Gasteiger partial charge in [0, 0.05) is 11.4 Å². The molecule has 1 amide bonds. The number of carbonyl (C=O) groups excluding carboxylic acids is 2. The predicted octanol–water partition coefficient (Wildman–Crippen LogP) is 3.95. The molecular weight excluding hydrogens is 334 g/mol. The van der Waals surface area contributed by atoms with E-state index in [-0.39, 0.29) is 24.2 Å². The Balaban J connectivity index is 1.60. The van der Waals surface area contributed by atoms with Crippen LogP contribution in [0.2, 0.25) is 0 Å². The molecule has 2 rings (SSSR count). The molecule has 0 saturated heterocycles. The minimum Gasteiger partial charge on any atom is -0.455 e. The van der Waals surface area contributed by atoms with Crippen molar-refractivity contribution in [2.45, 2.75) is 50.8 Å². The fourth-order valence-electron chi connectivity index (χ4n) is 2.83. The van der Waals surface area contributed by atoms with Gasteiger partial charge in [-0.2, -0.15) is 0 Å². The van der Waals surface area contributed by atoms with Crippen molar-refractivity contribution in [3.63, 3.8) is 0 Å². The Hall–Kier alpha value is -1.75. The van der Waals surface area contributed by atoms with Crippen LogP contribution >= 0.6 is 11.8 Å². The number of thioether (sulfide) groups is 1. The fraction of sp³-hybridized carbons (Fsp3) is 0.500. The smallest absolute Gasteiger partial charge is 0.316 e. The summed E-state index contributed by atoms with van der Waals surface area (Å²) >= 11 is 1.44. The Morgan fingerprint density at radius 1 is 1.24 bits per heavy atom. The van der Waals surface area contributed by atoms with Crippen molar-refractivity contribution in [3.8, 4) is 0 Å². The Labute approximate surface area is 154 Å². The lowest BCUT2D eigenvalue weighted by Crippen LogP contribution is -2.30. The van der Waals surface area contributed by atoms with Crippen molar-refractivity contribution in [1.82, 2.24) is 5.32 Å². The molecule has 0 heterocycles. The molecular formula is C20H27NO3S. The molecule has 1 aliphatic rings. The van der Waals surface area contributed by atoms with Gasteiger partial charge in [0.25, 0.3) is 5.91 Å². The molecule has 0 unspecified atom stereocenters. The Bertz CT molecular complexity index is 640. The molecule has 1 aromatic carbocycles. The van der Waals surface area contributed by atoms with Crippen LogP contribution in [0.1, 0.15) is 43.2 Å².